The van der Waals surface area contributed by atoms with E-state index < -0.39 is 0 Å². The fourth-order valence-corrected chi connectivity index (χ4v) is 1.23. The van der Waals surface area contributed by atoms with Crippen molar-refractivity contribution in [2.24, 2.45) is 5.92 Å². The van der Waals surface area contributed by atoms with E-state index in [9.17, 15) is 9.59 Å². The summed E-state index contributed by atoms with van der Waals surface area (Å²) in [5, 5.41) is 0. The van der Waals surface area contributed by atoms with Crippen LogP contribution in [0, 0.1) is 5.92 Å². The van der Waals surface area contributed by atoms with Gasteiger partial charge in [-0.05, 0) is 19.3 Å². The van der Waals surface area contributed by atoms with Crippen LogP contribution in [-0.2, 0) is 9.59 Å². The van der Waals surface area contributed by atoms with Gasteiger partial charge in [-0.1, -0.05) is 31.9 Å². The van der Waals surface area contributed by atoms with Gasteiger partial charge in [0, 0.05) is 12.3 Å². The Hall–Kier alpha value is -0.920. The third-order valence-corrected chi connectivity index (χ3v) is 2.17. The Labute approximate surface area is 86.4 Å². The molecule has 0 fully saturated rings. The van der Waals surface area contributed by atoms with E-state index in [1.165, 1.54) is 19.3 Å². The summed E-state index contributed by atoms with van der Waals surface area (Å²) in [7, 11) is 0. The zero-order chi connectivity index (χ0) is 10.6. The first-order valence-electron chi connectivity index (χ1n) is 5.39. The summed E-state index contributed by atoms with van der Waals surface area (Å²) < 4.78 is 0. The monoisotopic (exact) mass is 196 g/mol. The van der Waals surface area contributed by atoms with Crippen molar-refractivity contribution < 1.29 is 9.59 Å². The molecule has 14 heavy (non-hydrogen) atoms. The van der Waals surface area contributed by atoms with Gasteiger partial charge in [-0.25, -0.2) is 0 Å². The molecule has 80 valence electrons. The highest BCUT2D eigenvalue weighted by molar-refractivity contribution is 5.62. The van der Waals surface area contributed by atoms with Gasteiger partial charge in [0.15, 0.2) is 0 Å². The maximum absolute atomic E-state index is 10.5. The summed E-state index contributed by atoms with van der Waals surface area (Å²) in [4.78, 5) is 20.6. The Morgan fingerprint density at radius 3 is 2.43 bits per heavy atom. The maximum atomic E-state index is 10.5. The zero-order valence-electron chi connectivity index (χ0n) is 8.95. The van der Waals surface area contributed by atoms with E-state index in [2.05, 4.69) is 13.0 Å². The normalized spacial score (nSPS) is 12.9. The van der Waals surface area contributed by atoms with Crippen molar-refractivity contribution in [2.45, 2.75) is 45.4 Å². The highest BCUT2D eigenvalue weighted by atomic mass is 16.1. The number of allylic oxidation sites excluding steroid dienone is 2. The van der Waals surface area contributed by atoms with Crippen molar-refractivity contribution in [2.75, 3.05) is 0 Å². The summed E-state index contributed by atoms with van der Waals surface area (Å²) in [5.41, 5.74) is 0. The topological polar surface area (TPSA) is 34.1 Å². The van der Waals surface area contributed by atoms with Crippen LogP contribution < -0.4 is 0 Å². The molecule has 1 unspecified atom stereocenters. The Kier molecular flexibility index (Phi) is 9.49. The molecule has 0 rings (SSSR count). The lowest BCUT2D eigenvalue weighted by molar-refractivity contribution is -0.115. The Balaban J connectivity index is 3.47. The smallest absolute Gasteiger partial charge is 0.123 e. The third kappa shape index (κ3) is 7.71. The molecule has 0 spiro atoms. The Bertz CT molecular complexity index is 173. The number of carbonyl (C=O) groups excluding carboxylic acids is 2. The molecule has 0 aliphatic carbocycles. The van der Waals surface area contributed by atoms with Gasteiger partial charge >= 0.3 is 0 Å². The number of carbonyl (C=O) groups is 2. The molecule has 0 heterocycles. The van der Waals surface area contributed by atoms with Gasteiger partial charge in [0.25, 0.3) is 0 Å². The van der Waals surface area contributed by atoms with Gasteiger partial charge in [0.1, 0.15) is 12.6 Å². The lowest BCUT2D eigenvalue weighted by Gasteiger charge is -2.00. The number of hydrogen-bond donors (Lipinski definition) is 0. The van der Waals surface area contributed by atoms with E-state index in [1.807, 2.05) is 6.08 Å². The molecule has 0 bridgehead atoms. The van der Waals surface area contributed by atoms with E-state index in [0.29, 0.717) is 12.8 Å². The molecule has 0 aromatic heterocycles. The van der Waals surface area contributed by atoms with Crippen molar-refractivity contribution in [3.8, 4) is 0 Å². The predicted octanol–water partition coefficient (Wildman–Crippen LogP) is 2.92. The van der Waals surface area contributed by atoms with Crippen LogP contribution in [-0.4, -0.2) is 12.6 Å². The molecule has 0 amide bonds. The minimum Gasteiger partial charge on any atom is -0.303 e. The van der Waals surface area contributed by atoms with E-state index in [0.717, 1.165) is 19.0 Å². The first-order chi connectivity index (χ1) is 6.85. The third-order valence-electron chi connectivity index (χ3n) is 2.17. The minimum atomic E-state index is -0.116. The van der Waals surface area contributed by atoms with E-state index in [4.69, 9.17) is 0 Å². The van der Waals surface area contributed by atoms with Gasteiger partial charge < -0.3 is 9.59 Å². The molecule has 0 aliphatic heterocycles. The van der Waals surface area contributed by atoms with E-state index in [1.54, 1.807) is 0 Å². The molecule has 0 aromatic carbocycles. The highest BCUT2D eigenvalue weighted by Crippen LogP contribution is 2.06. The molecular weight excluding hydrogens is 176 g/mol. The maximum Gasteiger partial charge on any atom is 0.123 e. The molecule has 2 heteroatoms. The van der Waals surface area contributed by atoms with Crippen molar-refractivity contribution in [3.05, 3.63) is 12.2 Å². The van der Waals surface area contributed by atoms with E-state index in [-0.39, 0.29) is 5.92 Å². The van der Waals surface area contributed by atoms with E-state index >= 15 is 0 Å². The lowest BCUT2D eigenvalue weighted by atomic mass is 10.0. The van der Waals surface area contributed by atoms with Crippen molar-refractivity contribution in [1.82, 2.24) is 0 Å². The fourth-order valence-electron chi connectivity index (χ4n) is 1.23. The van der Waals surface area contributed by atoms with Gasteiger partial charge in [0.2, 0.25) is 0 Å². The quantitative estimate of drug-likeness (QED) is 0.323. The second kappa shape index (κ2) is 10.2. The molecule has 1 atom stereocenters. The minimum absolute atomic E-state index is 0.116. The number of rotatable bonds is 9. The second-order valence-corrected chi connectivity index (χ2v) is 3.50. The van der Waals surface area contributed by atoms with Crippen molar-refractivity contribution in [3.63, 3.8) is 0 Å². The van der Waals surface area contributed by atoms with Crippen LogP contribution in [0.25, 0.3) is 0 Å². The van der Waals surface area contributed by atoms with Gasteiger partial charge in [0.05, 0.1) is 0 Å². The van der Waals surface area contributed by atoms with Crippen LogP contribution in [0.1, 0.15) is 45.4 Å². The molecule has 2 nitrogen and oxygen atoms in total. The van der Waals surface area contributed by atoms with Crippen LogP contribution in [0.4, 0.5) is 0 Å². The highest BCUT2D eigenvalue weighted by Gasteiger charge is 2.02. The molecular formula is C12H20O2. The molecule has 0 N–H and O–H groups in total. The SMILES string of the molecule is CCCCCC=CCC(C=O)CC=O. The summed E-state index contributed by atoms with van der Waals surface area (Å²) in [6, 6.07) is 0. The summed E-state index contributed by atoms with van der Waals surface area (Å²) in [6.45, 7) is 2.18. The average Bonchev–Trinajstić information content (AvgIpc) is 2.21. The molecule has 0 aromatic rings. The Morgan fingerprint density at radius 2 is 1.86 bits per heavy atom. The predicted molar refractivity (Wildman–Crippen MR) is 58.1 cm³/mol. The average molecular weight is 196 g/mol. The first kappa shape index (κ1) is 13.1. The van der Waals surface area contributed by atoms with Crippen molar-refractivity contribution >= 4 is 12.6 Å². The van der Waals surface area contributed by atoms with Crippen LogP contribution in [0.2, 0.25) is 0 Å². The van der Waals surface area contributed by atoms with Gasteiger partial charge in [-0.15, -0.1) is 0 Å². The molecule has 0 aliphatic rings. The standard InChI is InChI=1S/C12H20O2/c1-2-3-4-5-6-7-8-12(11-14)9-10-13/h6-7,10-12H,2-5,8-9H2,1H3. The first-order valence-corrected chi connectivity index (χ1v) is 5.39. The van der Waals surface area contributed by atoms with Crippen molar-refractivity contribution in [1.29, 1.82) is 0 Å². The van der Waals surface area contributed by atoms with Crippen LogP contribution >= 0.6 is 0 Å². The summed E-state index contributed by atoms with van der Waals surface area (Å²) in [5.74, 6) is -0.116. The number of hydrogen-bond acceptors (Lipinski definition) is 2. The number of aldehydes is 2. The molecule has 0 saturated carbocycles. The largest absolute Gasteiger partial charge is 0.303 e. The Morgan fingerprint density at radius 1 is 1.07 bits per heavy atom. The summed E-state index contributed by atoms with van der Waals surface area (Å²) >= 11 is 0. The van der Waals surface area contributed by atoms with Gasteiger partial charge in [-0.3, -0.25) is 0 Å². The zero-order valence-corrected chi connectivity index (χ0v) is 8.95. The second-order valence-electron chi connectivity index (χ2n) is 3.50. The fraction of sp³-hybridized carbons (Fsp3) is 0.667. The van der Waals surface area contributed by atoms with Crippen LogP contribution in [0.15, 0.2) is 12.2 Å². The van der Waals surface area contributed by atoms with Gasteiger partial charge in [-0.2, -0.15) is 0 Å². The summed E-state index contributed by atoms with van der Waals surface area (Å²) in [6.07, 6.45) is 11.6. The van der Waals surface area contributed by atoms with Crippen LogP contribution in [0.3, 0.4) is 0 Å². The molecule has 0 radical (unpaired) electrons. The van der Waals surface area contributed by atoms with Crippen LogP contribution in [0.5, 0.6) is 0 Å². The molecule has 0 saturated heterocycles. The number of unbranched alkanes of at least 4 members (excludes halogenated alkanes) is 3. The lowest BCUT2D eigenvalue weighted by Crippen LogP contribution is -2.00.